The monoisotopic (exact) mass is 288 g/mol. The van der Waals surface area contributed by atoms with Gasteiger partial charge < -0.3 is 10.6 Å². The van der Waals surface area contributed by atoms with E-state index >= 15 is 0 Å². The molecule has 1 aromatic heterocycles. The van der Waals surface area contributed by atoms with Crippen molar-refractivity contribution in [2.24, 2.45) is 7.05 Å². The molecule has 1 aromatic rings. The van der Waals surface area contributed by atoms with E-state index in [9.17, 15) is 13.2 Å². The number of nitrogens with two attached hydrogens (primary N) is 1. The van der Waals surface area contributed by atoms with Crippen molar-refractivity contribution in [3.63, 3.8) is 0 Å². The molecule has 0 spiro atoms. The Hall–Kier alpha value is -1.57. The van der Waals surface area contributed by atoms with E-state index in [1.54, 1.807) is 14.1 Å². The van der Waals surface area contributed by atoms with E-state index in [1.807, 2.05) is 6.92 Å². The van der Waals surface area contributed by atoms with Gasteiger partial charge >= 0.3 is 0 Å². The van der Waals surface area contributed by atoms with Crippen LogP contribution in [0.1, 0.15) is 23.1 Å². The normalized spacial score (nSPS) is 11.6. The van der Waals surface area contributed by atoms with Crippen molar-refractivity contribution in [3.8, 4) is 0 Å². The van der Waals surface area contributed by atoms with Crippen LogP contribution in [0.15, 0.2) is 0 Å². The van der Waals surface area contributed by atoms with Crippen molar-refractivity contribution in [2.75, 3.05) is 31.3 Å². The van der Waals surface area contributed by atoms with Crippen LogP contribution >= 0.6 is 0 Å². The maximum Gasteiger partial charge on any atom is 0.274 e. The van der Waals surface area contributed by atoms with Crippen LogP contribution < -0.4 is 5.73 Å². The third-order valence-corrected chi connectivity index (χ3v) is 3.77. The third-order valence-electron chi connectivity index (χ3n) is 2.84. The van der Waals surface area contributed by atoms with Crippen LogP contribution in [0.25, 0.3) is 0 Å². The van der Waals surface area contributed by atoms with Gasteiger partial charge in [0.1, 0.15) is 15.5 Å². The largest absolute Gasteiger partial charge is 0.395 e. The van der Waals surface area contributed by atoms with Gasteiger partial charge in [-0.2, -0.15) is 5.10 Å². The molecule has 2 N–H and O–H groups in total. The molecule has 7 nitrogen and oxygen atoms in total. The first kappa shape index (κ1) is 15.5. The number of hydrogen-bond acceptors (Lipinski definition) is 5. The molecular formula is C11H20N4O3S. The van der Waals surface area contributed by atoms with E-state index in [0.717, 1.165) is 6.26 Å². The first-order valence-corrected chi connectivity index (χ1v) is 7.98. The summed E-state index contributed by atoms with van der Waals surface area (Å²) in [5, 5.41) is 4.17. The Labute approximate surface area is 113 Å². The van der Waals surface area contributed by atoms with Crippen LogP contribution in [0.5, 0.6) is 0 Å². The molecule has 0 fully saturated rings. The average Bonchev–Trinajstić information content (AvgIpc) is 2.59. The number of aryl methyl sites for hydroxylation is 2. The highest BCUT2D eigenvalue weighted by Gasteiger charge is 2.22. The molecule has 0 bridgehead atoms. The van der Waals surface area contributed by atoms with Crippen molar-refractivity contribution >= 4 is 21.4 Å². The summed E-state index contributed by atoms with van der Waals surface area (Å²) in [6.07, 6.45) is 1.78. The van der Waals surface area contributed by atoms with Gasteiger partial charge in [-0.15, -0.1) is 0 Å². The number of aromatic nitrogens is 2. The SMILES string of the molecule is CCc1nn(C)c(C(=O)N(C)CCS(C)(=O)=O)c1N. The molecule has 0 aromatic carbocycles. The summed E-state index contributed by atoms with van der Waals surface area (Å²) in [5.74, 6) is -0.399. The highest BCUT2D eigenvalue weighted by Crippen LogP contribution is 2.18. The van der Waals surface area contributed by atoms with Gasteiger partial charge in [-0.3, -0.25) is 9.48 Å². The molecule has 8 heteroatoms. The second-order valence-electron chi connectivity index (χ2n) is 4.54. The van der Waals surface area contributed by atoms with Gasteiger partial charge in [0.2, 0.25) is 0 Å². The van der Waals surface area contributed by atoms with E-state index < -0.39 is 9.84 Å². The zero-order chi connectivity index (χ0) is 14.8. The summed E-state index contributed by atoms with van der Waals surface area (Å²) in [4.78, 5) is 13.6. The molecule has 0 aliphatic carbocycles. The van der Waals surface area contributed by atoms with Gasteiger partial charge in [0, 0.05) is 26.9 Å². The first-order valence-electron chi connectivity index (χ1n) is 5.92. The second-order valence-corrected chi connectivity index (χ2v) is 6.80. The number of hydrogen-bond donors (Lipinski definition) is 1. The van der Waals surface area contributed by atoms with E-state index in [4.69, 9.17) is 5.73 Å². The van der Waals surface area contributed by atoms with Gasteiger partial charge in [0.25, 0.3) is 5.91 Å². The average molecular weight is 288 g/mol. The summed E-state index contributed by atoms with van der Waals surface area (Å²) in [5.41, 5.74) is 7.22. The lowest BCUT2D eigenvalue weighted by Gasteiger charge is -2.16. The van der Waals surface area contributed by atoms with Crippen LogP contribution in [0.2, 0.25) is 0 Å². The molecule has 0 aliphatic rings. The van der Waals surface area contributed by atoms with Gasteiger partial charge in [-0.05, 0) is 6.42 Å². The Morgan fingerprint density at radius 3 is 2.47 bits per heavy atom. The van der Waals surface area contributed by atoms with Gasteiger partial charge in [0.15, 0.2) is 0 Å². The number of carbonyl (C=O) groups excluding carboxylic acids is 1. The Morgan fingerprint density at radius 1 is 1.47 bits per heavy atom. The van der Waals surface area contributed by atoms with Gasteiger partial charge in [-0.25, -0.2) is 8.42 Å². The van der Waals surface area contributed by atoms with Crippen LogP contribution in [0.4, 0.5) is 5.69 Å². The zero-order valence-corrected chi connectivity index (χ0v) is 12.5. The minimum atomic E-state index is -3.10. The number of sulfone groups is 1. The Morgan fingerprint density at radius 2 is 2.05 bits per heavy atom. The number of nitrogens with zero attached hydrogens (tertiary/aromatic N) is 3. The van der Waals surface area contributed by atoms with E-state index in [0.29, 0.717) is 23.5 Å². The number of carbonyl (C=O) groups is 1. The Bertz CT molecular complexity index is 577. The minimum absolute atomic E-state index is 0.0758. The van der Waals surface area contributed by atoms with Crippen LogP contribution in [-0.2, 0) is 23.3 Å². The van der Waals surface area contributed by atoms with Crippen LogP contribution in [-0.4, -0.2) is 54.6 Å². The molecule has 1 rings (SSSR count). The van der Waals surface area contributed by atoms with Crippen molar-refractivity contribution < 1.29 is 13.2 Å². The summed E-state index contributed by atoms with van der Waals surface area (Å²) in [7, 11) is 0.0910. The van der Waals surface area contributed by atoms with Crippen molar-refractivity contribution in [1.29, 1.82) is 0 Å². The number of nitrogen functional groups attached to an aromatic ring is 1. The van der Waals surface area contributed by atoms with E-state index in [-0.39, 0.29) is 18.2 Å². The predicted octanol–water partition coefficient (Wildman–Crippen LogP) is -0.319. The molecule has 108 valence electrons. The Kier molecular flexibility index (Phi) is 4.56. The predicted molar refractivity (Wildman–Crippen MR) is 73.7 cm³/mol. The quantitative estimate of drug-likeness (QED) is 0.800. The zero-order valence-electron chi connectivity index (χ0n) is 11.7. The van der Waals surface area contributed by atoms with E-state index in [2.05, 4.69) is 5.10 Å². The number of anilines is 1. The smallest absolute Gasteiger partial charge is 0.274 e. The second kappa shape index (κ2) is 5.60. The topological polar surface area (TPSA) is 98.3 Å². The molecular weight excluding hydrogens is 268 g/mol. The molecule has 19 heavy (non-hydrogen) atoms. The van der Waals surface area contributed by atoms with Crippen LogP contribution in [0.3, 0.4) is 0 Å². The van der Waals surface area contributed by atoms with Gasteiger partial charge in [0.05, 0.1) is 17.1 Å². The molecule has 1 heterocycles. The van der Waals surface area contributed by atoms with Crippen LogP contribution in [0, 0.1) is 0 Å². The molecule has 0 saturated carbocycles. The van der Waals surface area contributed by atoms with Gasteiger partial charge in [-0.1, -0.05) is 6.92 Å². The minimum Gasteiger partial charge on any atom is -0.395 e. The lowest BCUT2D eigenvalue weighted by atomic mass is 10.2. The van der Waals surface area contributed by atoms with E-state index in [1.165, 1.54) is 9.58 Å². The fourth-order valence-electron chi connectivity index (χ4n) is 1.70. The molecule has 0 saturated heterocycles. The maximum absolute atomic E-state index is 12.2. The number of rotatable bonds is 5. The molecule has 0 radical (unpaired) electrons. The summed E-state index contributed by atoms with van der Waals surface area (Å²) in [6, 6.07) is 0. The van der Waals surface area contributed by atoms with Crippen molar-refractivity contribution in [1.82, 2.24) is 14.7 Å². The maximum atomic E-state index is 12.2. The molecule has 0 aliphatic heterocycles. The summed E-state index contributed by atoms with van der Waals surface area (Å²) in [6.45, 7) is 2.03. The molecule has 1 amide bonds. The highest BCUT2D eigenvalue weighted by molar-refractivity contribution is 7.90. The fraction of sp³-hybridized carbons (Fsp3) is 0.636. The highest BCUT2D eigenvalue weighted by atomic mass is 32.2. The third kappa shape index (κ3) is 3.69. The first-order chi connectivity index (χ1) is 8.67. The summed E-state index contributed by atoms with van der Waals surface area (Å²) >= 11 is 0. The molecule has 0 atom stereocenters. The molecule has 0 unspecified atom stereocenters. The standard InChI is InChI=1S/C11H20N4O3S/c1-5-8-9(12)10(15(3)13-8)11(16)14(2)6-7-19(4,17)18/h5-7,12H2,1-4H3. The number of amides is 1. The fourth-order valence-corrected chi connectivity index (χ4v) is 2.30. The Balaban J connectivity index is 2.91. The lowest BCUT2D eigenvalue weighted by Crippen LogP contribution is -2.33. The van der Waals surface area contributed by atoms with Crippen molar-refractivity contribution in [2.45, 2.75) is 13.3 Å². The summed E-state index contributed by atoms with van der Waals surface area (Å²) < 4.78 is 23.6. The van der Waals surface area contributed by atoms with Crippen molar-refractivity contribution in [3.05, 3.63) is 11.4 Å². The lowest BCUT2D eigenvalue weighted by molar-refractivity contribution is 0.0793.